The summed E-state index contributed by atoms with van der Waals surface area (Å²) in [5.41, 5.74) is 6.27. The van der Waals surface area contributed by atoms with E-state index < -0.39 is 0 Å². The predicted molar refractivity (Wildman–Crippen MR) is 233 cm³/mol. The highest BCUT2D eigenvalue weighted by atomic mass is 33.1. The van der Waals surface area contributed by atoms with Crippen LogP contribution < -0.4 is 29.2 Å². The molecule has 0 unspecified atom stereocenters. The van der Waals surface area contributed by atoms with E-state index in [4.69, 9.17) is 9.47 Å². The molecule has 1 aliphatic rings. The molecular formula is C48H44N2O2S2+2. The number of allylic oxidation sites excluding steroid dienone is 1. The van der Waals surface area contributed by atoms with Crippen molar-refractivity contribution in [2.45, 2.75) is 13.0 Å². The summed E-state index contributed by atoms with van der Waals surface area (Å²) < 4.78 is 16.2. The number of benzene rings is 6. The lowest BCUT2D eigenvalue weighted by Crippen LogP contribution is -2.45. The molecule has 0 radical (unpaired) electrons. The van der Waals surface area contributed by atoms with Gasteiger partial charge in [0.05, 0.1) is 31.1 Å². The van der Waals surface area contributed by atoms with Crippen LogP contribution in [-0.2, 0) is 6.54 Å². The van der Waals surface area contributed by atoms with Crippen LogP contribution >= 0.6 is 21.6 Å². The molecule has 6 heteroatoms. The minimum atomic E-state index is 0.901. The second-order valence-corrected chi connectivity index (χ2v) is 16.1. The SMILES string of the molecule is COc1ccc(/C=C/C2=c3ccccc3=[N+](CCSSCC[n+]3ccc(/C=C/c4ccc(OC)c5ccccc45)c4ccccc43)CC2)c2ccccc12. The van der Waals surface area contributed by atoms with Crippen LogP contribution in [0.15, 0.2) is 140 Å². The summed E-state index contributed by atoms with van der Waals surface area (Å²) in [5.74, 6) is 3.94. The number of hydrogen-bond donors (Lipinski definition) is 0. The van der Waals surface area contributed by atoms with E-state index in [1.54, 1.807) is 14.2 Å². The van der Waals surface area contributed by atoms with E-state index >= 15 is 0 Å². The molecular weight excluding hydrogens is 701 g/mol. The number of rotatable bonds is 13. The first-order chi connectivity index (χ1) is 26.7. The van der Waals surface area contributed by atoms with Gasteiger partial charge in [0.15, 0.2) is 19.3 Å². The Morgan fingerprint density at radius 1 is 0.537 bits per heavy atom. The number of aromatic nitrogens is 1. The maximum absolute atomic E-state index is 5.62. The molecule has 54 heavy (non-hydrogen) atoms. The third-order valence-electron chi connectivity index (χ3n) is 10.3. The highest BCUT2D eigenvalue weighted by Gasteiger charge is 2.16. The normalized spacial score (nSPS) is 13.1. The lowest BCUT2D eigenvalue weighted by Gasteiger charge is -2.11. The van der Waals surface area contributed by atoms with Gasteiger partial charge in [-0.1, -0.05) is 131 Å². The molecule has 4 nitrogen and oxygen atoms in total. The quantitative estimate of drug-likeness (QED) is 0.0668. The van der Waals surface area contributed by atoms with Crippen molar-refractivity contribution in [1.29, 1.82) is 0 Å². The van der Waals surface area contributed by atoms with Gasteiger partial charge in [-0.3, -0.25) is 0 Å². The maximum atomic E-state index is 5.62. The number of hydrogen-bond acceptors (Lipinski definition) is 4. The molecule has 7 aromatic rings. The van der Waals surface area contributed by atoms with E-state index in [1.165, 1.54) is 54.5 Å². The maximum Gasteiger partial charge on any atom is 0.213 e. The van der Waals surface area contributed by atoms with Gasteiger partial charge in [-0.05, 0) is 57.3 Å². The summed E-state index contributed by atoms with van der Waals surface area (Å²) in [6.45, 7) is 3.03. The van der Waals surface area contributed by atoms with Gasteiger partial charge >= 0.3 is 0 Å². The van der Waals surface area contributed by atoms with Gasteiger partial charge in [0, 0.05) is 40.6 Å². The molecule has 0 saturated carbocycles. The van der Waals surface area contributed by atoms with Gasteiger partial charge < -0.3 is 9.47 Å². The molecule has 1 aromatic heterocycles. The van der Waals surface area contributed by atoms with Gasteiger partial charge in [0.2, 0.25) is 10.9 Å². The zero-order valence-corrected chi connectivity index (χ0v) is 32.4. The number of ether oxygens (including phenoxy) is 2. The Balaban J connectivity index is 0.915. The second-order valence-electron chi connectivity index (χ2n) is 13.4. The van der Waals surface area contributed by atoms with Crippen LogP contribution in [-0.4, -0.2) is 38.8 Å². The first kappa shape index (κ1) is 35.7. The molecule has 0 aliphatic carbocycles. The average molecular weight is 745 g/mol. The third kappa shape index (κ3) is 7.54. The number of nitrogens with zero attached hydrogens (tertiary/aromatic N) is 2. The summed E-state index contributed by atoms with van der Waals surface area (Å²) in [4.78, 5) is 0. The van der Waals surface area contributed by atoms with Crippen LogP contribution in [0, 0.1) is 0 Å². The summed E-state index contributed by atoms with van der Waals surface area (Å²) >= 11 is 0. The third-order valence-corrected chi connectivity index (χ3v) is 12.7. The van der Waals surface area contributed by atoms with Crippen molar-refractivity contribution >= 4 is 77.8 Å². The molecule has 1 aliphatic heterocycles. The Labute approximate surface area is 325 Å². The predicted octanol–water partition coefficient (Wildman–Crippen LogP) is 9.46. The van der Waals surface area contributed by atoms with Crippen molar-refractivity contribution in [3.63, 3.8) is 0 Å². The molecule has 8 rings (SSSR count). The van der Waals surface area contributed by atoms with Crippen LogP contribution in [0.25, 0.3) is 56.2 Å². The van der Waals surface area contributed by atoms with Crippen LogP contribution in [0.5, 0.6) is 11.5 Å². The monoisotopic (exact) mass is 744 g/mol. The van der Waals surface area contributed by atoms with E-state index in [0.29, 0.717) is 0 Å². The average Bonchev–Trinajstić information content (AvgIpc) is 3.23. The van der Waals surface area contributed by atoms with Crippen molar-refractivity contribution in [1.82, 2.24) is 4.58 Å². The Kier molecular flexibility index (Phi) is 11.1. The first-order valence-electron chi connectivity index (χ1n) is 18.6. The van der Waals surface area contributed by atoms with Crippen molar-refractivity contribution in [2.75, 3.05) is 38.8 Å². The minimum Gasteiger partial charge on any atom is -0.496 e. The number of fused-ring (bicyclic) bond motifs is 4. The molecule has 0 amide bonds. The fourth-order valence-corrected chi connectivity index (χ4v) is 9.55. The highest BCUT2D eigenvalue weighted by Crippen LogP contribution is 2.31. The van der Waals surface area contributed by atoms with Crippen molar-refractivity contribution in [3.8, 4) is 11.5 Å². The Bertz CT molecular complexity index is 2670. The summed E-state index contributed by atoms with van der Waals surface area (Å²) in [7, 11) is 7.42. The molecule has 0 N–H and O–H groups in total. The van der Waals surface area contributed by atoms with Gasteiger partial charge in [0.25, 0.3) is 0 Å². The van der Waals surface area contributed by atoms with Crippen LogP contribution in [0.1, 0.15) is 23.1 Å². The molecule has 268 valence electrons. The standard InChI is InChI=1S/C48H44N2O2S2/c1-51-47-25-23-35(39-11-3-5-15-43(39)47)19-21-37-27-29-49(45-17-9-7-13-41(37)45)31-33-53-54-34-32-50-30-28-38(42-14-8-10-18-46(42)50)22-20-36-24-26-48(52-2)44-16-6-4-12-40(36)44/h3-27,29H,28,30-34H2,1-2H3/q+2/b21-19+,22-20+. The number of aryl methyl sites for hydroxylation is 1. The zero-order valence-electron chi connectivity index (χ0n) is 30.8. The molecule has 6 aromatic carbocycles. The lowest BCUT2D eigenvalue weighted by molar-refractivity contribution is -0.666. The van der Waals surface area contributed by atoms with Gasteiger partial charge in [-0.25, -0.2) is 4.58 Å². The number of para-hydroxylation sites is 2. The van der Waals surface area contributed by atoms with Gasteiger partial charge in [0.1, 0.15) is 18.0 Å². The fraction of sp³-hybridized carbons (Fsp3) is 0.167. The Hall–Kier alpha value is -5.30. The number of methoxy groups -OCH3 is 2. The van der Waals surface area contributed by atoms with E-state index in [-0.39, 0.29) is 0 Å². The topological polar surface area (TPSA) is 25.4 Å². The van der Waals surface area contributed by atoms with Crippen LogP contribution in [0.2, 0.25) is 0 Å². The molecule has 0 spiro atoms. The Morgan fingerprint density at radius 3 is 1.74 bits per heavy atom. The van der Waals surface area contributed by atoms with Crippen LogP contribution in [0.4, 0.5) is 0 Å². The summed E-state index contributed by atoms with van der Waals surface area (Å²) in [6.07, 6.45) is 12.3. The summed E-state index contributed by atoms with van der Waals surface area (Å²) in [5, 5.41) is 8.62. The summed E-state index contributed by atoms with van der Waals surface area (Å²) in [6, 6.07) is 45.2. The molecule has 0 saturated heterocycles. The minimum absolute atomic E-state index is 0.901. The largest absolute Gasteiger partial charge is 0.496 e. The zero-order chi connectivity index (χ0) is 36.7. The van der Waals surface area contributed by atoms with E-state index in [9.17, 15) is 0 Å². The molecule has 0 fully saturated rings. The highest BCUT2D eigenvalue weighted by molar-refractivity contribution is 8.76. The fourth-order valence-electron chi connectivity index (χ4n) is 7.59. The van der Waals surface area contributed by atoms with Gasteiger partial charge in [-0.15, -0.1) is 0 Å². The second kappa shape index (κ2) is 16.8. The lowest BCUT2D eigenvalue weighted by atomic mass is 10.00. The van der Waals surface area contributed by atoms with Gasteiger partial charge in [-0.2, -0.15) is 4.57 Å². The van der Waals surface area contributed by atoms with Crippen molar-refractivity contribution in [2.24, 2.45) is 0 Å². The Morgan fingerprint density at radius 2 is 1.07 bits per heavy atom. The van der Waals surface area contributed by atoms with E-state index in [2.05, 4.69) is 167 Å². The molecule has 0 bridgehead atoms. The smallest absolute Gasteiger partial charge is 0.213 e. The van der Waals surface area contributed by atoms with Crippen molar-refractivity contribution in [3.05, 3.63) is 167 Å². The molecule has 0 atom stereocenters. The van der Waals surface area contributed by atoms with E-state index in [0.717, 1.165) is 59.8 Å². The molecule has 2 heterocycles. The van der Waals surface area contributed by atoms with Crippen LogP contribution in [0.3, 0.4) is 0 Å². The van der Waals surface area contributed by atoms with E-state index in [1.807, 2.05) is 21.6 Å². The van der Waals surface area contributed by atoms with Crippen molar-refractivity contribution < 1.29 is 14.0 Å². The first-order valence-corrected chi connectivity index (χ1v) is 21.0. The number of pyridine rings is 1.